The Labute approximate surface area is 104 Å². The Hall–Kier alpha value is -1.50. The van der Waals surface area contributed by atoms with Gasteiger partial charge in [-0.1, -0.05) is 48.1 Å². The molecule has 0 saturated carbocycles. The van der Waals surface area contributed by atoms with Gasteiger partial charge in [0, 0.05) is 5.92 Å². The number of rotatable bonds is 4. The maximum absolute atomic E-state index is 5.39. The number of hydrogen-bond acceptors (Lipinski definition) is 1. The van der Waals surface area contributed by atoms with Crippen LogP contribution in [0.5, 0.6) is 0 Å². The summed E-state index contributed by atoms with van der Waals surface area (Å²) in [6, 6.07) is 0. The predicted molar refractivity (Wildman–Crippen MR) is 74.3 cm³/mol. The molecule has 0 aliphatic heterocycles. The quantitative estimate of drug-likeness (QED) is 0.771. The lowest BCUT2D eigenvalue weighted by Gasteiger charge is -2.24. The molecule has 2 N–H and O–H groups in total. The third-order valence-electron chi connectivity index (χ3n) is 3.43. The predicted octanol–water partition coefficient (Wildman–Crippen LogP) is 4.02. The normalized spacial score (nSPS) is 23.9. The summed E-state index contributed by atoms with van der Waals surface area (Å²) in [5.41, 5.74) is 8.43. The van der Waals surface area contributed by atoms with E-state index in [1.807, 2.05) is 6.08 Å². The third kappa shape index (κ3) is 3.23. The minimum absolute atomic E-state index is 0.600. The Balaban J connectivity index is 2.05. The van der Waals surface area contributed by atoms with E-state index in [2.05, 4.69) is 36.5 Å². The standard InChI is InChI=1S/C16H21N/c17-13-7-6-11-15-10-4-5-12-16(15)14-8-2-1-3-9-14/h2,4-5,7-10,13,16H,1,3,6,11-12,17H2/b13-7+/t16-/m0/s1. The molecule has 0 fully saturated rings. The van der Waals surface area contributed by atoms with Crippen molar-refractivity contribution in [3.05, 3.63) is 59.9 Å². The van der Waals surface area contributed by atoms with Crippen molar-refractivity contribution in [1.29, 1.82) is 0 Å². The van der Waals surface area contributed by atoms with Crippen LogP contribution in [0.25, 0.3) is 0 Å². The zero-order chi connectivity index (χ0) is 11.9. The van der Waals surface area contributed by atoms with Gasteiger partial charge in [-0.2, -0.15) is 0 Å². The molecule has 1 atom stereocenters. The van der Waals surface area contributed by atoms with Gasteiger partial charge in [-0.15, -0.1) is 0 Å². The Morgan fingerprint density at radius 1 is 1.29 bits per heavy atom. The first-order valence-corrected chi connectivity index (χ1v) is 6.50. The van der Waals surface area contributed by atoms with Gasteiger partial charge in [-0.3, -0.25) is 0 Å². The SMILES string of the molecule is N/C=C/CCC1=CC=CC[C@H]1C1=CCCC=C1. The summed E-state index contributed by atoms with van der Waals surface area (Å²) in [4.78, 5) is 0. The van der Waals surface area contributed by atoms with E-state index in [4.69, 9.17) is 5.73 Å². The van der Waals surface area contributed by atoms with Gasteiger partial charge in [-0.05, 0) is 43.9 Å². The molecule has 2 aliphatic carbocycles. The number of nitrogens with two attached hydrogens (primary N) is 1. The molecule has 0 aromatic rings. The van der Waals surface area contributed by atoms with Crippen molar-refractivity contribution < 1.29 is 0 Å². The highest BCUT2D eigenvalue weighted by molar-refractivity contribution is 5.36. The molecule has 17 heavy (non-hydrogen) atoms. The summed E-state index contributed by atoms with van der Waals surface area (Å²) in [5.74, 6) is 0.600. The fourth-order valence-electron chi connectivity index (χ4n) is 2.52. The largest absolute Gasteiger partial charge is 0.405 e. The maximum Gasteiger partial charge on any atom is 0.00827 e. The lowest BCUT2D eigenvalue weighted by molar-refractivity contribution is 0.681. The second-order valence-corrected chi connectivity index (χ2v) is 4.61. The molecule has 0 aromatic carbocycles. The molecule has 2 rings (SSSR count). The molecule has 2 aliphatic rings. The first-order chi connectivity index (χ1) is 8.42. The zero-order valence-electron chi connectivity index (χ0n) is 10.3. The van der Waals surface area contributed by atoms with Gasteiger partial charge in [0.15, 0.2) is 0 Å². The van der Waals surface area contributed by atoms with Crippen LogP contribution in [0.15, 0.2) is 59.9 Å². The van der Waals surface area contributed by atoms with Crippen LogP contribution >= 0.6 is 0 Å². The van der Waals surface area contributed by atoms with E-state index in [-0.39, 0.29) is 0 Å². The van der Waals surface area contributed by atoms with Gasteiger partial charge in [0.05, 0.1) is 0 Å². The molecule has 0 radical (unpaired) electrons. The Morgan fingerprint density at radius 2 is 2.24 bits per heavy atom. The molecule has 1 nitrogen and oxygen atoms in total. The van der Waals surface area contributed by atoms with E-state index in [9.17, 15) is 0 Å². The molecule has 0 aromatic heterocycles. The lowest BCUT2D eigenvalue weighted by Crippen LogP contribution is -2.09. The summed E-state index contributed by atoms with van der Waals surface area (Å²) in [5, 5.41) is 0. The lowest BCUT2D eigenvalue weighted by atomic mass is 9.81. The van der Waals surface area contributed by atoms with Crippen molar-refractivity contribution in [3.63, 3.8) is 0 Å². The van der Waals surface area contributed by atoms with Crippen molar-refractivity contribution in [3.8, 4) is 0 Å². The summed E-state index contributed by atoms with van der Waals surface area (Å²) in [7, 11) is 0. The second-order valence-electron chi connectivity index (χ2n) is 4.61. The van der Waals surface area contributed by atoms with Crippen molar-refractivity contribution in [2.75, 3.05) is 0 Å². The Kier molecular flexibility index (Phi) is 4.43. The molecule has 0 heterocycles. The van der Waals surface area contributed by atoms with E-state index in [1.54, 1.807) is 11.8 Å². The van der Waals surface area contributed by atoms with Gasteiger partial charge < -0.3 is 5.73 Å². The van der Waals surface area contributed by atoms with Crippen LogP contribution in [-0.4, -0.2) is 0 Å². The topological polar surface area (TPSA) is 26.0 Å². The van der Waals surface area contributed by atoms with E-state index >= 15 is 0 Å². The van der Waals surface area contributed by atoms with Gasteiger partial charge in [0.1, 0.15) is 0 Å². The van der Waals surface area contributed by atoms with Crippen molar-refractivity contribution >= 4 is 0 Å². The highest BCUT2D eigenvalue weighted by atomic mass is 14.5. The fraction of sp³-hybridized carbons (Fsp3) is 0.375. The molecule has 0 amide bonds. The molecular formula is C16H21N. The average Bonchev–Trinajstić information content (AvgIpc) is 2.41. The molecule has 0 saturated heterocycles. The van der Waals surface area contributed by atoms with Gasteiger partial charge in [-0.25, -0.2) is 0 Å². The van der Waals surface area contributed by atoms with E-state index in [1.165, 1.54) is 18.4 Å². The smallest absolute Gasteiger partial charge is 0.00827 e. The first-order valence-electron chi connectivity index (χ1n) is 6.50. The minimum Gasteiger partial charge on any atom is -0.405 e. The molecular weight excluding hydrogens is 206 g/mol. The molecule has 90 valence electrons. The summed E-state index contributed by atoms with van der Waals surface area (Å²) < 4.78 is 0. The first kappa shape index (κ1) is 12.0. The van der Waals surface area contributed by atoms with Gasteiger partial charge in [0.2, 0.25) is 0 Å². The number of hydrogen-bond donors (Lipinski definition) is 1. The molecule has 1 heteroatoms. The third-order valence-corrected chi connectivity index (χ3v) is 3.43. The molecule has 0 bridgehead atoms. The van der Waals surface area contributed by atoms with Crippen molar-refractivity contribution in [2.45, 2.75) is 32.1 Å². The number of allylic oxidation sites excluding steroid dienone is 9. The monoisotopic (exact) mass is 227 g/mol. The highest BCUT2D eigenvalue weighted by Crippen LogP contribution is 2.33. The van der Waals surface area contributed by atoms with Gasteiger partial charge >= 0.3 is 0 Å². The van der Waals surface area contributed by atoms with Crippen LogP contribution in [0.3, 0.4) is 0 Å². The van der Waals surface area contributed by atoms with E-state index < -0.39 is 0 Å². The van der Waals surface area contributed by atoms with Crippen LogP contribution in [-0.2, 0) is 0 Å². The van der Waals surface area contributed by atoms with Crippen molar-refractivity contribution in [2.24, 2.45) is 11.7 Å². The van der Waals surface area contributed by atoms with Crippen LogP contribution in [0.2, 0.25) is 0 Å². The Morgan fingerprint density at radius 3 is 3.00 bits per heavy atom. The summed E-state index contributed by atoms with van der Waals surface area (Å²) >= 11 is 0. The average molecular weight is 227 g/mol. The van der Waals surface area contributed by atoms with Crippen LogP contribution in [0.1, 0.15) is 32.1 Å². The van der Waals surface area contributed by atoms with E-state index in [0.29, 0.717) is 5.92 Å². The maximum atomic E-state index is 5.39. The van der Waals surface area contributed by atoms with Crippen molar-refractivity contribution in [1.82, 2.24) is 0 Å². The van der Waals surface area contributed by atoms with Crippen LogP contribution in [0, 0.1) is 5.92 Å². The highest BCUT2D eigenvalue weighted by Gasteiger charge is 2.18. The summed E-state index contributed by atoms with van der Waals surface area (Å²) in [6.45, 7) is 0. The zero-order valence-corrected chi connectivity index (χ0v) is 10.3. The van der Waals surface area contributed by atoms with E-state index in [0.717, 1.165) is 19.3 Å². The fourth-order valence-corrected chi connectivity index (χ4v) is 2.52. The Bertz CT molecular complexity index is 394. The second kappa shape index (κ2) is 6.29. The molecule has 0 spiro atoms. The summed E-state index contributed by atoms with van der Waals surface area (Å²) in [6.07, 6.45) is 23.1. The van der Waals surface area contributed by atoms with Crippen LogP contribution in [0.4, 0.5) is 0 Å². The van der Waals surface area contributed by atoms with Gasteiger partial charge in [0.25, 0.3) is 0 Å². The van der Waals surface area contributed by atoms with Crippen LogP contribution < -0.4 is 5.73 Å². The molecule has 0 unspecified atom stereocenters. The minimum atomic E-state index is 0.600.